The monoisotopic (exact) mass is 168 g/mol. The third-order valence-electron chi connectivity index (χ3n) is 1.66. The highest BCUT2D eigenvalue weighted by Gasteiger charge is 2.07. The molecule has 68 valence electrons. The fraction of sp³-hybridized carbons (Fsp3) is 0.600. The molecule has 0 bridgehead atoms. The Hall–Kier alpha value is -0.920. The highest BCUT2D eigenvalue weighted by Crippen LogP contribution is 2.03. The predicted molar refractivity (Wildman–Crippen MR) is 49.0 cm³/mol. The Morgan fingerprint density at radius 2 is 1.67 bits per heavy atom. The maximum atomic E-state index is 10.9. The molecule has 0 atom stereocenters. The summed E-state index contributed by atoms with van der Waals surface area (Å²) in [5, 5.41) is 0. The molecule has 0 heterocycles. The van der Waals surface area contributed by atoms with Crippen molar-refractivity contribution in [1.29, 1.82) is 0 Å². The number of carbonyl (C=O) groups excluding carboxylic acids is 2. The average Bonchev–Trinajstić information content (AvgIpc) is 1.96. The Morgan fingerprint density at radius 1 is 1.17 bits per heavy atom. The number of rotatable bonds is 5. The molecule has 0 aromatic carbocycles. The molecule has 12 heavy (non-hydrogen) atoms. The zero-order valence-electron chi connectivity index (χ0n) is 8.02. The van der Waals surface area contributed by atoms with Crippen molar-refractivity contribution in [2.24, 2.45) is 0 Å². The molecule has 0 unspecified atom stereocenters. The first kappa shape index (κ1) is 11.1. The van der Waals surface area contributed by atoms with Crippen molar-refractivity contribution in [1.82, 2.24) is 0 Å². The van der Waals surface area contributed by atoms with Crippen molar-refractivity contribution in [3.8, 4) is 0 Å². The van der Waals surface area contributed by atoms with E-state index in [1.54, 1.807) is 6.08 Å². The summed E-state index contributed by atoms with van der Waals surface area (Å²) in [4.78, 5) is 21.8. The van der Waals surface area contributed by atoms with Gasteiger partial charge in [-0.2, -0.15) is 0 Å². The maximum absolute atomic E-state index is 10.9. The van der Waals surface area contributed by atoms with Crippen LogP contribution in [0.1, 0.15) is 40.0 Å². The van der Waals surface area contributed by atoms with Gasteiger partial charge in [0.15, 0.2) is 11.6 Å². The molecule has 2 nitrogen and oxygen atoms in total. The molecule has 0 amide bonds. The predicted octanol–water partition coefficient (Wildman–Crippen LogP) is 2.28. The number of Topliss-reactive ketones (excluding diaryl/α,β-unsaturated/α-hetero) is 2. The van der Waals surface area contributed by atoms with Crippen LogP contribution in [0.4, 0.5) is 0 Å². The normalized spacial score (nSPS) is 9.25. The topological polar surface area (TPSA) is 34.1 Å². The van der Waals surface area contributed by atoms with Crippen LogP contribution in [0.3, 0.4) is 0 Å². The zero-order valence-corrected chi connectivity index (χ0v) is 8.02. The van der Waals surface area contributed by atoms with Gasteiger partial charge >= 0.3 is 0 Å². The number of unbranched alkanes of at least 4 members (excludes halogenated alkanes) is 2. The van der Waals surface area contributed by atoms with Crippen LogP contribution in [0.2, 0.25) is 0 Å². The third-order valence-corrected chi connectivity index (χ3v) is 1.66. The van der Waals surface area contributed by atoms with Crippen LogP contribution >= 0.6 is 0 Å². The van der Waals surface area contributed by atoms with E-state index in [1.165, 1.54) is 13.8 Å². The quantitative estimate of drug-likeness (QED) is 0.273. The lowest BCUT2D eigenvalue weighted by atomic mass is 10.1. The molecule has 0 rings (SSSR count). The molecule has 0 N–H and O–H groups in total. The van der Waals surface area contributed by atoms with Gasteiger partial charge in [0.05, 0.1) is 5.57 Å². The van der Waals surface area contributed by atoms with E-state index in [9.17, 15) is 9.59 Å². The van der Waals surface area contributed by atoms with Crippen LogP contribution in [0, 0.1) is 0 Å². The van der Waals surface area contributed by atoms with Gasteiger partial charge in [-0.3, -0.25) is 9.59 Å². The zero-order chi connectivity index (χ0) is 9.56. The van der Waals surface area contributed by atoms with E-state index in [-0.39, 0.29) is 11.6 Å². The molecule has 0 aliphatic carbocycles. The summed E-state index contributed by atoms with van der Waals surface area (Å²) in [6.45, 7) is 4.94. The Morgan fingerprint density at radius 3 is 2.00 bits per heavy atom. The number of carbonyl (C=O) groups is 2. The van der Waals surface area contributed by atoms with Gasteiger partial charge in [-0.05, 0) is 20.3 Å². The van der Waals surface area contributed by atoms with Crippen LogP contribution < -0.4 is 0 Å². The largest absolute Gasteiger partial charge is 0.294 e. The van der Waals surface area contributed by atoms with Gasteiger partial charge in [-0.15, -0.1) is 0 Å². The minimum absolute atomic E-state index is 0.126. The molecule has 2 heteroatoms. The van der Waals surface area contributed by atoms with Crippen molar-refractivity contribution >= 4 is 11.6 Å². The van der Waals surface area contributed by atoms with Gasteiger partial charge in [0.1, 0.15) is 0 Å². The second-order valence-electron chi connectivity index (χ2n) is 2.87. The Balaban J connectivity index is 4.20. The van der Waals surface area contributed by atoms with Crippen LogP contribution in [0.25, 0.3) is 0 Å². The lowest BCUT2D eigenvalue weighted by molar-refractivity contribution is -0.119. The molecule has 0 fully saturated rings. The molecular formula is C10H16O2. The van der Waals surface area contributed by atoms with E-state index in [4.69, 9.17) is 0 Å². The average molecular weight is 168 g/mol. The lowest BCUT2D eigenvalue weighted by Gasteiger charge is -1.97. The molecule has 0 saturated heterocycles. The smallest absolute Gasteiger partial charge is 0.163 e. The summed E-state index contributed by atoms with van der Waals surface area (Å²) < 4.78 is 0. The Labute approximate surface area is 73.7 Å². The van der Waals surface area contributed by atoms with Gasteiger partial charge in [-0.1, -0.05) is 25.8 Å². The summed E-state index contributed by atoms with van der Waals surface area (Å²) in [6, 6.07) is 0. The molecule has 0 aliphatic heterocycles. The van der Waals surface area contributed by atoms with Crippen molar-refractivity contribution in [2.45, 2.75) is 40.0 Å². The van der Waals surface area contributed by atoms with E-state index in [0.717, 1.165) is 19.3 Å². The Kier molecular flexibility index (Phi) is 5.26. The molecule has 0 spiro atoms. The van der Waals surface area contributed by atoms with Gasteiger partial charge in [0, 0.05) is 0 Å². The van der Waals surface area contributed by atoms with E-state index >= 15 is 0 Å². The molecule has 0 aromatic rings. The molecule has 0 aliphatic rings. The van der Waals surface area contributed by atoms with E-state index in [1.807, 2.05) is 0 Å². The first-order valence-electron chi connectivity index (χ1n) is 4.31. The number of hydrogen-bond donors (Lipinski definition) is 0. The second kappa shape index (κ2) is 5.70. The molecular weight excluding hydrogens is 152 g/mol. The third kappa shape index (κ3) is 4.06. The lowest BCUT2D eigenvalue weighted by Crippen LogP contribution is -2.05. The highest BCUT2D eigenvalue weighted by atomic mass is 16.1. The van der Waals surface area contributed by atoms with Crippen molar-refractivity contribution < 1.29 is 9.59 Å². The fourth-order valence-corrected chi connectivity index (χ4v) is 0.986. The van der Waals surface area contributed by atoms with Gasteiger partial charge < -0.3 is 0 Å². The van der Waals surface area contributed by atoms with Gasteiger partial charge in [0.2, 0.25) is 0 Å². The van der Waals surface area contributed by atoms with E-state index in [0.29, 0.717) is 5.57 Å². The van der Waals surface area contributed by atoms with Gasteiger partial charge in [-0.25, -0.2) is 0 Å². The first-order valence-corrected chi connectivity index (χ1v) is 4.31. The van der Waals surface area contributed by atoms with Crippen molar-refractivity contribution in [3.63, 3.8) is 0 Å². The fourth-order valence-electron chi connectivity index (χ4n) is 0.986. The van der Waals surface area contributed by atoms with Crippen molar-refractivity contribution in [2.75, 3.05) is 0 Å². The number of ketones is 2. The van der Waals surface area contributed by atoms with Crippen LogP contribution in [0.15, 0.2) is 11.6 Å². The van der Waals surface area contributed by atoms with Gasteiger partial charge in [0.25, 0.3) is 0 Å². The summed E-state index contributed by atoms with van der Waals surface area (Å²) in [5.41, 5.74) is 0.350. The van der Waals surface area contributed by atoms with Crippen LogP contribution in [-0.2, 0) is 9.59 Å². The summed E-state index contributed by atoms with van der Waals surface area (Å²) in [6.07, 6.45) is 4.68. The second-order valence-corrected chi connectivity index (χ2v) is 2.87. The summed E-state index contributed by atoms with van der Waals surface area (Å²) >= 11 is 0. The maximum Gasteiger partial charge on any atom is 0.163 e. The number of allylic oxidation sites excluding steroid dienone is 2. The minimum atomic E-state index is -0.126. The molecule has 0 aromatic heterocycles. The van der Waals surface area contributed by atoms with Crippen LogP contribution in [-0.4, -0.2) is 11.6 Å². The first-order chi connectivity index (χ1) is 5.59. The SMILES string of the molecule is CCCCC=C(C(C)=O)C(C)=O. The highest BCUT2D eigenvalue weighted by molar-refractivity contribution is 6.18. The molecule has 0 saturated carbocycles. The van der Waals surface area contributed by atoms with Crippen LogP contribution in [0.5, 0.6) is 0 Å². The van der Waals surface area contributed by atoms with Crippen molar-refractivity contribution in [3.05, 3.63) is 11.6 Å². The summed E-state index contributed by atoms with van der Waals surface area (Å²) in [7, 11) is 0. The van der Waals surface area contributed by atoms with E-state index < -0.39 is 0 Å². The molecule has 0 radical (unpaired) electrons. The summed E-state index contributed by atoms with van der Waals surface area (Å²) in [5.74, 6) is -0.253. The minimum Gasteiger partial charge on any atom is -0.294 e. The number of hydrogen-bond acceptors (Lipinski definition) is 2. The van der Waals surface area contributed by atoms with E-state index in [2.05, 4.69) is 6.92 Å². The Bertz CT molecular complexity index is 186. The standard InChI is InChI=1S/C10H16O2/c1-4-5-6-7-10(8(2)11)9(3)12/h7H,4-6H2,1-3H3.